The van der Waals surface area contributed by atoms with Gasteiger partial charge in [0.2, 0.25) is 17.7 Å². The van der Waals surface area contributed by atoms with Gasteiger partial charge in [-0.25, -0.2) is 17.8 Å². The van der Waals surface area contributed by atoms with Crippen LogP contribution in [0.2, 0.25) is 0 Å². The van der Waals surface area contributed by atoms with Gasteiger partial charge in [-0.1, -0.05) is 63.2 Å². The molecule has 73 heavy (non-hydrogen) atoms. The summed E-state index contributed by atoms with van der Waals surface area (Å²) in [6.45, 7) is 8.68. The van der Waals surface area contributed by atoms with Gasteiger partial charge < -0.3 is 41.2 Å². The van der Waals surface area contributed by atoms with Crippen molar-refractivity contribution in [1.29, 1.82) is 0 Å². The first-order chi connectivity index (χ1) is 34.6. The summed E-state index contributed by atoms with van der Waals surface area (Å²) in [5.41, 5.74) is 9.71. The molecular weight excluding hydrogens is 996 g/mol. The Morgan fingerprint density at radius 3 is 2.40 bits per heavy atom. The number of aromatic amines is 1. The van der Waals surface area contributed by atoms with E-state index in [1.54, 1.807) is 56.8 Å². The number of nitrogens with two attached hydrogens (primary N) is 1. The Bertz CT molecular complexity index is 3050. The number of carbonyl (C=O) groups excluding carboxylic acids is 4. The standard InChI is InChI=1S/C48H54F3N11O9S2/c1-26-41(72-25-54-26)30-8-6-28(7-9-30)22-53-45(66)35-21-33(63)23-62(35)46(67)42(48(3,4)5)56-38(64)24-70-19-18-61-17-16-37(59-61)55-44-39(43(52)65)40(57-58-44)31-12-15-34(60-73(68,69)47(50)51)36(20-31)71-27(2)29-10-13-32(49)14-11-29/h6-17,20,25,27,33,35,42,47,60,63H,18-19,21-24H2,1-5H3,(H2,52,65)(H,53,66)(H,56,64)(H2,55,57,58,59)/t27-,33+,35-,42+/m0/s1. The molecule has 0 bridgehead atoms. The molecule has 388 valence electrons. The minimum Gasteiger partial charge on any atom is -0.484 e. The second kappa shape index (κ2) is 22.6. The summed E-state index contributed by atoms with van der Waals surface area (Å²) in [6.07, 6.45) is -0.153. The van der Waals surface area contributed by atoms with Gasteiger partial charge in [0.1, 0.15) is 53.4 Å². The van der Waals surface area contributed by atoms with E-state index in [9.17, 15) is 45.9 Å². The number of hydrogen-bond donors (Lipinski definition) is 7. The number of rotatable bonds is 21. The molecule has 4 heterocycles. The molecule has 20 nitrogen and oxygen atoms in total. The predicted octanol–water partition coefficient (Wildman–Crippen LogP) is 5.62. The quantitative estimate of drug-likeness (QED) is 0.0432. The van der Waals surface area contributed by atoms with Crippen LogP contribution in [0.25, 0.3) is 21.7 Å². The van der Waals surface area contributed by atoms with Gasteiger partial charge in [-0.15, -0.1) is 11.3 Å². The van der Waals surface area contributed by atoms with Crippen LogP contribution in [0.3, 0.4) is 0 Å². The number of primary amides is 1. The van der Waals surface area contributed by atoms with E-state index in [4.69, 9.17) is 15.2 Å². The Balaban J connectivity index is 0.938. The number of amides is 4. The number of aliphatic hydroxyl groups is 1. The monoisotopic (exact) mass is 1050 g/mol. The van der Waals surface area contributed by atoms with Crippen LogP contribution in [0, 0.1) is 18.2 Å². The molecule has 0 unspecified atom stereocenters. The number of alkyl halides is 2. The van der Waals surface area contributed by atoms with Gasteiger partial charge >= 0.3 is 5.76 Å². The molecule has 4 amide bonds. The number of H-pyrrole nitrogens is 1. The number of likely N-dealkylation sites (tertiary alicyclic amines) is 1. The lowest BCUT2D eigenvalue weighted by Crippen LogP contribution is -2.58. The Kier molecular flexibility index (Phi) is 16.5. The van der Waals surface area contributed by atoms with Crippen molar-refractivity contribution in [2.24, 2.45) is 11.1 Å². The van der Waals surface area contributed by atoms with Crippen LogP contribution in [0.5, 0.6) is 5.75 Å². The Morgan fingerprint density at radius 1 is 1.03 bits per heavy atom. The summed E-state index contributed by atoms with van der Waals surface area (Å²) in [4.78, 5) is 60.3. The molecular formula is C48H54F3N11O9S2. The molecule has 3 aromatic carbocycles. The molecule has 0 saturated carbocycles. The summed E-state index contributed by atoms with van der Waals surface area (Å²) in [5.74, 6) is -6.72. The highest BCUT2D eigenvalue weighted by Crippen LogP contribution is 2.37. The lowest BCUT2D eigenvalue weighted by molar-refractivity contribution is -0.144. The normalized spacial score (nSPS) is 15.7. The molecule has 6 aromatic rings. The number of carbonyl (C=O) groups is 4. The summed E-state index contributed by atoms with van der Waals surface area (Å²) < 4.78 is 79.5. The van der Waals surface area contributed by atoms with E-state index in [2.05, 4.69) is 36.2 Å². The minimum atomic E-state index is -5.14. The number of aryl methyl sites for hydroxylation is 1. The summed E-state index contributed by atoms with van der Waals surface area (Å²) in [6, 6.07) is 16.2. The van der Waals surface area contributed by atoms with E-state index in [1.807, 2.05) is 35.9 Å². The van der Waals surface area contributed by atoms with Gasteiger partial charge in [-0.3, -0.25) is 33.7 Å². The fourth-order valence-corrected chi connectivity index (χ4v) is 9.29. The maximum absolute atomic E-state index is 14.1. The number of halogens is 3. The van der Waals surface area contributed by atoms with E-state index in [-0.39, 0.29) is 72.6 Å². The maximum atomic E-state index is 14.1. The first-order valence-electron chi connectivity index (χ1n) is 22.8. The zero-order chi connectivity index (χ0) is 52.8. The van der Waals surface area contributed by atoms with E-state index < -0.39 is 81.5 Å². The van der Waals surface area contributed by atoms with E-state index in [0.29, 0.717) is 5.56 Å². The first-order valence-corrected chi connectivity index (χ1v) is 25.2. The molecule has 3 aromatic heterocycles. The van der Waals surface area contributed by atoms with Crippen LogP contribution in [-0.4, -0.2) is 111 Å². The van der Waals surface area contributed by atoms with Gasteiger partial charge in [0.15, 0.2) is 5.82 Å². The van der Waals surface area contributed by atoms with Crippen LogP contribution >= 0.6 is 11.3 Å². The number of ether oxygens (including phenoxy) is 2. The third kappa shape index (κ3) is 13.2. The van der Waals surface area contributed by atoms with Gasteiger partial charge in [0.05, 0.1) is 41.0 Å². The number of aromatic nitrogens is 5. The van der Waals surface area contributed by atoms with Crippen molar-refractivity contribution < 1.29 is 55.3 Å². The van der Waals surface area contributed by atoms with Crippen molar-refractivity contribution >= 4 is 62.3 Å². The molecule has 0 aliphatic carbocycles. The highest BCUT2D eigenvalue weighted by atomic mass is 32.2. The number of β-amino-alcohol motifs (C(OH)–C–C–N with tert-alkyl or cyclic N) is 1. The van der Waals surface area contributed by atoms with Gasteiger partial charge in [0.25, 0.3) is 15.9 Å². The Hall–Kier alpha value is -7.35. The van der Waals surface area contributed by atoms with Gasteiger partial charge in [0, 0.05) is 37.3 Å². The summed E-state index contributed by atoms with van der Waals surface area (Å²) in [5, 5.41) is 30.5. The SMILES string of the molecule is Cc1ncsc1-c1ccc(CNC(=O)[C@@H]2C[C@@H](O)CN2C(=O)[C@@H](NC(=O)COCCn2ccc(Nc3[nH]nc(-c4ccc(NS(=O)(=O)C(F)F)c(O[C@@H](C)c5ccc(F)cc5)c4)c3C(N)=O)n2)C(C)(C)C)cc1. The number of aliphatic hydroxyl groups excluding tert-OH is 1. The van der Waals surface area contributed by atoms with Crippen molar-refractivity contribution in [3.8, 4) is 27.4 Å². The fraction of sp³-hybridized carbons (Fsp3) is 0.354. The van der Waals surface area contributed by atoms with Gasteiger partial charge in [-0.2, -0.15) is 19.0 Å². The molecule has 0 radical (unpaired) electrons. The maximum Gasteiger partial charge on any atom is 0.355 e. The highest BCUT2D eigenvalue weighted by Gasteiger charge is 2.44. The molecule has 4 atom stereocenters. The van der Waals surface area contributed by atoms with Crippen LogP contribution in [-0.2, 0) is 42.2 Å². The topological polar surface area (TPSA) is 278 Å². The second-order valence-corrected chi connectivity index (χ2v) is 20.7. The average molecular weight is 1050 g/mol. The van der Waals surface area contributed by atoms with E-state index >= 15 is 0 Å². The van der Waals surface area contributed by atoms with Crippen LogP contribution < -0.4 is 31.1 Å². The van der Waals surface area contributed by atoms with Crippen molar-refractivity contribution in [3.63, 3.8) is 0 Å². The number of sulfonamides is 1. The number of anilines is 3. The molecule has 1 saturated heterocycles. The predicted molar refractivity (Wildman–Crippen MR) is 265 cm³/mol. The number of nitrogens with zero attached hydrogens (tertiary/aromatic N) is 5. The smallest absolute Gasteiger partial charge is 0.355 e. The molecule has 25 heteroatoms. The van der Waals surface area contributed by atoms with Crippen molar-refractivity contribution in [2.75, 3.05) is 29.8 Å². The summed E-state index contributed by atoms with van der Waals surface area (Å²) >= 11 is 1.54. The lowest BCUT2D eigenvalue weighted by atomic mass is 9.85. The highest BCUT2D eigenvalue weighted by molar-refractivity contribution is 7.93. The van der Waals surface area contributed by atoms with Crippen molar-refractivity contribution in [2.45, 2.75) is 84.2 Å². The molecule has 7 rings (SSSR count). The third-order valence-electron chi connectivity index (χ3n) is 11.7. The van der Waals surface area contributed by atoms with Crippen molar-refractivity contribution in [1.82, 2.24) is 40.5 Å². The summed E-state index contributed by atoms with van der Waals surface area (Å²) in [7, 11) is -5.14. The molecule has 1 aliphatic heterocycles. The third-order valence-corrected chi connectivity index (χ3v) is 13.7. The molecule has 1 fully saturated rings. The number of nitrogens with one attached hydrogen (secondary N) is 5. The fourth-order valence-electron chi connectivity index (χ4n) is 7.91. The van der Waals surface area contributed by atoms with Crippen molar-refractivity contribution in [3.05, 3.63) is 113 Å². The number of hydrogen-bond acceptors (Lipinski definition) is 14. The average Bonchev–Trinajstić information content (AvgIpc) is 4.16. The lowest BCUT2D eigenvalue weighted by Gasteiger charge is -2.35. The molecule has 1 aliphatic rings. The molecule has 8 N–H and O–H groups in total. The zero-order valence-corrected chi connectivity index (χ0v) is 41.8. The van der Waals surface area contributed by atoms with E-state index in [1.165, 1.54) is 46.0 Å². The number of thiazole rings is 1. The molecule has 0 spiro atoms. The Labute approximate surface area is 421 Å². The van der Waals surface area contributed by atoms with Crippen LogP contribution in [0.1, 0.15) is 67.4 Å². The van der Waals surface area contributed by atoms with E-state index in [0.717, 1.165) is 27.8 Å². The Morgan fingerprint density at radius 2 is 1.74 bits per heavy atom. The van der Waals surface area contributed by atoms with Crippen LogP contribution in [0.4, 0.5) is 30.5 Å². The minimum absolute atomic E-state index is 0.00519. The largest absolute Gasteiger partial charge is 0.484 e. The number of benzene rings is 3. The van der Waals surface area contributed by atoms with Crippen LogP contribution in [0.15, 0.2) is 84.5 Å². The van der Waals surface area contributed by atoms with Gasteiger partial charge in [-0.05, 0) is 60.2 Å². The zero-order valence-electron chi connectivity index (χ0n) is 40.2. The second-order valence-electron chi connectivity index (χ2n) is 18.2. The first kappa shape index (κ1) is 53.4.